The van der Waals surface area contributed by atoms with Crippen LogP contribution in [0, 0.1) is 0 Å². The molecule has 0 aliphatic carbocycles. The van der Waals surface area contributed by atoms with Gasteiger partial charge in [-0.15, -0.1) is 0 Å². The molecule has 0 spiro atoms. The molecule has 0 aliphatic rings. The molecular weight excluding hydrogens is 321 g/mol. The lowest BCUT2D eigenvalue weighted by molar-refractivity contribution is -0.137. The van der Waals surface area contributed by atoms with E-state index in [9.17, 15) is 21.6 Å². The smallest absolute Gasteiger partial charge is 0.417 e. The third kappa shape index (κ3) is 4.62. The molecule has 1 aromatic carbocycles. The second kappa shape index (κ2) is 5.84. The van der Waals surface area contributed by atoms with Crippen molar-refractivity contribution < 1.29 is 26.3 Å². The standard InChI is InChI=1S/C13H11F3N2O3S/c1-22(19,20)18-10-3-5-11(6-4-10)21-12-7-2-9(8-17-12)13(14,15)16/h2-8,18H,1H3. The summed E-state index contributed by atoms with van der Waals surface area (Å²) < 4.78 is 66.8. The van der Waals surface area contributed by atoms with Crippen molar-refractivity contribution in [3.63, 3.8) is 0 Å². The van der Waals surface area contributed by atoms with Gasteiger partial charge in [-0.05, 0) is 30.3 Å². The first-order valence-electron chi connectivity index (χ1n) is 5.92. The van der Waals surface area contributed by atoms with Crippen LogP contribution in [0.1, 0.15) is 5.56 Å². The van der Waals surface area contributed by atoms with E-state index in [1.807, 2.05) is 0 Å². The van der Waals surface area contributed by atoms with E-state index in [1.54, 1.807) is 0 Å². The molecule has 0 aliphatic heterocycles. The first-order chi connectivity index (χ1) is 10.1. The molecule has 118 valence electrons. The minimum Gasteiger partial charge on any atom is -0.439 e. The van der Waals surface area contributed by atoms with Gasteiger partial charge < -0.3 is 4.74 Å². The zero-order valence-electron chi connectivity index (χ0n) is 11.3. The molecular formula is C13H11F3N2O3S. The van der Waals surface area contributed by atoms with E-state index in [0.29, 0.717) is 17.6 Å². The van der Waals surface area contributed by atoms with Crippen LogP contribution in [0.15, 0.2) is 42.6 Å². The SMILES string of the molecule is CS(=O)(=O)Nc1ccc(Oc2ccc(C(F)(F)F)cn2)cc1. The van der Waals surface area contributed by atoms with Crippen molar-refractivity contribution in [1.29, 1.82) is 0 Å². The second-order valence-corrected chi connectivity index (χ2v) is 6.13. The fraction of sp³-hybridized carbons (Fsp3) is 0.154. The Bertz CT molecular complexity index is 742. The van der Waals surface area contributed by atoms with Crippen LogP contribution in [-0.4, -0.2) is 19.7 Å². The van der Waals surface area contributed by atoms with Crippen molar-refractivity contribution in [1.82, 2.24) is 4.98 Å². The topological polar surface area (TPSA) is 68.3 Å². The van der Waals surface area contributed by atoms with Crippen LogP contribution in [-0.2, 0) is 16.2 Å². The van der Waals surface area contributed by atoms with Crippen molar-refractivity contribution in [2.24, 2.45) is 0 Å². The summed E-state index contributed by atoms with van der Waals surface area (Å²) in [6.45, 7) is 0. The van der Waals surface area contributed by atoms with Gasteiger partial charge in [0, 0.05) is 18.0 Å². The van der Waals surface area contributed by atoms with Crippen molar-refractivity contribution in [3.05, 3.63) is 48.2 Å². The van der Waals surface area contributed by atoms with Gasteiger partial charge in [-0.2, -0.15) is 13.2 Å². The molecule has 0 saturated heterocycles. The van der Waals surface area contributed by atoms with Crippen LogP contribution in [0.2, 0.25) is 0 Å². The van der Waals surface area contributed by atoms with Crippen LogP contribution in [0.5, 0.6) is 11.6 Å². The van der Waals surface area contributed by atoms with E-state index in [2.05, 4.69) is 9.71 Å². The van der Waals surface area contributed by atoms with Crippen molar-refractivity contribution in [3.8, 4) is 11.6 Å². The van der Waals surface area contributed by atoms with Gasteiger partial charge in [-0.3, -0.25) is 4.72 Å². The Labute approximate surface area is 124 Å². The summed E-state index contributed by atoms with van der Waals surface area (Å²) in [5, 5.41) is 0. The van der Waals surface area contributed by atoms with Gasteiger partial charge in [-0.25, -0.2) is 13.4 Å². The van der Waals surface area contributed by atoms with E-state index in [1.165, 1.54) is 24.3 Å². The molecule has 22 heavy (non-hydrogen) atoms. The number of halogens is 3. The Morgan fingerprint density at radius 1 is 1.09 bits per heavy atom. The van der Waals surface area contributed by atoms with Gasteiger partial charge >= 0.3 is 6.18 Å². The highest BCUT2D eigenvalue weighted by Crippen LogP contribution is 2.30. The highest BCUT2D eigenvalue weighted by atomic mass is 32.2. The van der Waals surface area contributed by atoms with Gasteiger partial charge in [0.25, 0.3) is 0 Å². The van der Waals surface area contributed by atoms with Gasteiger partial charge in [0.1, 0.15) is 5.75 Å². The lowest BCUT2D eigenvalue weighted by Gasteiger charge is -2.09. The molecule has 2 aromatic rings. The molecule has 0 atom stereocenters. The zero-order chi connectivity index (χ0) is 16.4. The van der Waals surface area contributed by atoms with Gasteiger partial charge in [0.05, 0.1) is 11.8 Å². The summed E-state index contributed by atoms with van der Waals surface area (Å²) in [4.78, 5) is 3.57. The summed E-state index contributed by atoms with van der Waals surface area (Å²) in [6, 6.07) is 7.81. The van der Waals surface area contributed by atoms with Crippen LogP contribution < -0.4 is 9.46 Å². The quantitative estimate of drug-likeness (QED) is 0.933. The van der Waals surface area contributed by atoms with Crippen molar-refractivity contribution in [2.75, 3.05) is 11.0 Å². The number of pyridine rings is 1. The summed E-state index contributed by atoms with van der Waals surface area (Å²) in [6.07, 6.45) is -2.76. The molecule has 1 aromatic heterocycles. The third-order valence-corrected chi connectivity index (χ3v) is 3.05. The van der Waals surface area contributed by atoms with Crippen LogP contribution in [0.3, 0.4) is 0 Å². The number of hydrogen-bond acceptors (Lipinski definition) is 4. The molecule has 0 amide bonds. The molecule has 1 heterocycles. The molecule has 0 fully saturated rings. The summed E-state index contributed by atoms with van der Waals surface area (Å²) >= 11 is 0. The number of alkyl halides is 3. The summed E-state index contributed by atoms with van der Waals surface area (Å²) in [5.74, 6) is 0.308. The highest BCUT2D eigenvalue weighted by molar-refractivity contribution is 7.92. The Balaban J connectivity index is 2.08. The van der Waals surface area contributed by atoms with E-state index in [4.69, 9.17) is 4.74 Å². The molecule has 0 saturated carbocycles. The maximum atomic E-state index is 12.4. The molecule has 9 heteroatoms. The monoisotopic (exact) mass is 332 g/mol. The predicted molar refractivity (Wildman–Crippen MR) is 74.2 cm³/mol. The van der Waals surface area contributed by atoms with Crippen LogP contribution in [0.25, 0.3) is 0 Å². The second-order valence-electron chi connectivity index (χ2n) is 4.38. The number of anilines is 1. The lowest BCUT2D eigenvalue weighted by Crippen LogP contribution is -2.09. The normalized spacial score (nSPS) is 12.0. The number of ether oxygens (including phenoxy) is 1. The summed E-state index contributed by atoms with van der Waals surface area (Å²) in [7, 11) is -3.38. The molecule has 1 N–H and O–H groups in total. The van der Waals surface area contributed by atoms with E-state index >= 15 is 0 Å². The number of benzene rings is 1. The maximum absolute atomic E-state index is 12.4. The highest BCUT2D eigenvalue weighted by Gasteiger charge is 2.30. The first kappa shape index (κ1) is 16.1. The Hall–Kier alpha value is -2.29. The average Bonchev–Trinajstić information content (AvgIpc) is 2.39. The molecule has 5 nitrogen and oxygen atoms in total. The molecule has 0 unspecified atom stereocenters. The van der Waals surface area contributed by atoms with Gasteiger partial charge in [-0.1, -0.05) is 0 Å². The first-order valence-corrected chi connectivity index (χ1v) is 7.81. The van der Waals surface area contributed by atoms with E-state index in [-0.39, 0.29) is 5.88 Å². The van der Waals surface area contributed by atoms with E-state index < -0.39 is 21.8 Å². The third-order valence-electron chi connectivity index (χ3n) is 2.44. The van der Waals surface area contributed by atoms with Crippen LogP contribution in [0.4, 0.5) is 18.9 Å². The number of nitrogens with one attached hydrogen (secondary N) is 1. The lowest BCUT2D eigenvalue weighted by atomic mass is 10.3. The van der Waals surface area contributed by atoms with Gasteiger partial charge in [0.2, 0.25) is 15.9 Å². The maximum Gasteiger partial charge on any atom is 0.417 e. The molecule has 0 bridgehead atoms. The van der Waals surface area contributed by atoms with Crippen LogP contribution >= 0.6 is 0 Å². The average molecular weight is 332 g/mol. The number of hydrogen-bond donors (Lipinski definition) is 1. The van der Waals surface area contributed by atoms with Crippen molar-refractivity contribution in [2.45, 2.75) is 6.18 Å². The summed E-state index contributed by atoms with van der Waals surface area (Å²) in [5.41, 5.74) is -0.525. The fourth-order valence-electron chi connectivity index (χ4n) is 1.53. The number of sulfonamides is 1. The minimum absolute atomic E-state index is 0.00294. The number of aromatic nitrogens is 1. The molecule has 0 radical (unpaired) electrons. The Morgan fingerprint density at radius 2 is 1.73 bits per heavy atom. The number of nitrogens with zero attached hydrogens (tertiary/aromatic N) is 1. The Morgan fingerprint density at radius 3 is 2.18 bits per heavy atom. The predicted octanol–water partition coefficient (Wildman–Crippen LogP) is 3.26. The fourth-order valence-corrected chi connectivity index (χ4v) is 2.10. The Kier molecular flexibility index (Phi) is 4.27. The molecule has 2 rings (SSSR count). The van der Waals surface area contributed by atoms with E-state index in [0.717, 1.165) is 18.4 Å². The zero-order valence-corrected chi connectivity index (χ0v) is 12.1. The largest absolute Gasteiger partial charge is 0.439 e. The van der Waals surface area contributed by atoms with Crippen molar-refractivity contribution >= 4 is 15.7 Å². The van der Waals surface area contributed by atoms with Gasteiger partial charge in [0.15, 0.2) is 0 Å². The minimum atomic E-state index is -4.45. The number of rotatable bonds is 4.